The molecule has 140 valence electrons. The Labute approximate surface area is 153 Å². The molecule has 1 aliphatic heterocycles. The zero-order valence-corrected chi connectivity index (χ0v) is 15.0. The molecule has 26 heavy (non-hydrogen) atoms. The van der Waals surface area contributed by atoms with Crippen molar-refractivity contribution in [1.82, 2.24) is 0 Å². The molecule has 4 N–H and O–H groups in total. The van der Waals surface area contributed by atoms with Gasteiger partial charge in [-0.2, -0.15) is 4.99 Å². The molecule has 0 radical (unpaired) electrons. The summed E-state index contributed by atoms with van der Waals surface area (Å²) in [6, 6.07) is 5.00. The molecule has 2 fully saturated rings. The van der Waals surface area contributed by atoms with Crippen LogP contribution in [0.1, 0.15) is 57.8 Å². The van der Waals surface area contributed by atoms with Crippen molar-refractivity contribution in [3.05, 3.63) is 24.0 Å². The number of benzene rings is 1. The molecule has 7 heteroatoms. The number of guanidine groups is 2. The molecule has 0 unspecified atom stereocenters. The summed E-state index contributed by atoms with van der Waals surface area (Å²) in [5.74, 6) is 0.384. The van der Waals surface area contributed by atoms with Crippen LogP contribution in [0.5, 0.6) is 5.75 Å². The van der Waals surface area contributed by atoms with E-state index in [-0.39, 0.29) is 23.8 Å². The van der Waals surface area contributed by atoms with E-state index in [1.165, 1.54) is 6.07 Å². The van der Waals surface area contributed by atoms with Gasteiger partial charge in [-0.15, -0.1) is 0 Å². The maximum absolute atomic E-state index is 14.7. The SMILES string of the molecule is NC1=NC2(CCCCC2)N(c2ccc(OC3CCCC3)c(F)c2)C(N)=N1. The molecule has 2 aliphatic carbocycles. The summed E-state index contributed by atoms with van der Waals surface area (Å²) in [5.41, 5.74) is 12.1. The average molecular weight is 359 g/mol. The van der Waals surface area contributed by atoms with Crippen LogP contribution in [0.3, 0.4) is 0 Å². The summed E-state index contributed by atoms with van der Waals surface area (Å²) >= 11 is 0. The van der Waals surface area contributed by atoms with Gasteiger partial charge < -0.3 is 16.2 Å². The molecule has 1 spiro atoms. The highest BCUT2D eigenvalue weighted by Crippen LogP contribution is 2.40. The number of ether oxygens (including phenoxy) is 1. The van der Waals surface area contributed by atoms with Crippen molar-refractivity contribution in [3.8, 4) is 5.75 Å². The fourth-order valence-electron chi connectivity index (χ4n) is 4.40. The summed E-state index contributed by atoms with van der Waals surface area (Å²) in [7, 11) is 0. The topological polar surface area (TPSA) is 89.2 Å². The molecular weight excluding hydrogens is 333 g/mol. The number of anilines is 1. The Hall–Kier alpha value is -2.31. The summed E-state index contributed by atoms with van der Waals surface area (Å²) in [6.45, 7) is 0. The Morgan fingerprint density at radius 1 is 1.08 bits per heavy atom. The van der Waals surface area contributed by atoms with E-state index in [1.54, 1.807) is 6.07 Å². The molecule has 0 atom stereocenters. The van der Waals surface area contributed by atoms with Gasteiger partial charge in [-0.05, 0) is 63.5 Å². The van der Waals surface area contributed by atoms with Crippen LogP contribution in [-0.4, -0.2) is 23.7 Å². The van der Waals surface area contributed by atoms with Crippen LogP contribution in [-0.2, 0) is 0 Å². The van der Waals surface area contributed by atoms with E-state index < -0.39 is 5.66 Å². The fraction of sp³-hybridized carbons (Fsp3) is 0.579. The normalized spacial score (nSPS) is 23.0. The van der Waals surface area contributed by atoms with Crippen LogP contribution in [0.2, 0.25) is 0 Å². The molecule has 4 rings (SSSR count). The van der Waals surface area contributed by atoms with Gasteiger partial charge in [0.15, 0.2) is 11.6 Å². The lowest BCUT2D eigenvalue weighted by Crippen LogP contribution is -2.58. The Balaban J connectivity index is 1.64. The average Bonchev–Trinajstić information content (AvgIpc) is 3.10. The van der Waals surface area contributed by atoms with Gasteiger partial charge in [-0.3, -0.25) is 4.90 Å². The molecule has 1 heterocycles. The van der Waals surface area contributed by atoms with Crippen molar-refractivity contribution in [2.24, 2.45) is 21.5 Å². The van der Waals surface area contributed by atoms with E-state index in [0.717, 1.165) is 57.8 Å². The van der Waals surface area contributed by atoms with E-state index in [4.69, 9.17) is 16.2 Å². The molecule has 2 saturated carbocycles. The van der Waals surface area contributed by atoms with E-state index in [9.17, 15) is 4.39 Å². The van der Waals surface area contributed by atoms with E-state index >= 15 is 0 Å². The molecule has 3 aliphatic rings. The second-order valence-corrected chi connectivity index (χ2v) is 7.46. The molecule has 0 bridgehead atoms. The number of nitrogens with two attached hydrogens (primary N) is 2. The molecule has 0 amide bonds. The number of aliphatic imine (C=N–C) groups is 2. The molecular formula is C19H26FN5O. The van der Waals surface area contributed by atoms with Gasteiger partial charge in [0.05, 0.1) is 6.10 Å². The van der Waals surface area contributed by atoms with Crippen LogP contribution in [0.15, 0.2) is 28.2 Å². The highest BCUT2D eigenvalue weighted by Gasteiger charge is 2.42. The summed E-state index contributed by atoms with van der Waals surface area (Å²) < 4.78 is 20.6. The Bertz CT molecular complexity index is 735. The minimum atomic E-state index is -0.561. The number of hydrogen-bond donors (Lipinski definition) is 2. The third kappa shape index (κ3) is 3.10. The smallest absolute Gasteiger partial charge is 0.220 e. The Morgan fingerprint density at radius 2 is 1.81 bits per heavy atom. The minimum Gasteiger partial charge on any atom is -0.487 e. The van der Waals surface area contributed by atoms with Gasteiger partial charge in [0.2, 0.25) is 11.9 Å². The zero-order valence-electron chi connectivity index (χ0n) is 15.0. The molecule has 0 aromatic heterocycles. The van der Waals surface area contributed by atoms with Gasteiger partial charge in [0, 0.05) is 11.8 Å². The third-order valence-electron chi connectivity index (χ3n) is 5.62. The second kappa shape index (κ2) is 6.78. The van der Waals surface area contributed by atoms with E-state index in [2.05, 4.69) is 9.98 Å². The first-order valence-corrected chi connectivity index (χ1v) is 9.53. The summed E-state index contributed by atoms with van der Waals surface area (Å²) in [4.78, 5) is 10.6. The number of rotatable bonds is 3. The van der Waals surface area contributed by atoms with Crippen molar-refractivity contribution in [3.63, 3.8) is 0 Å². The van der Waals surface area contributed by atoms with Crippen LogP contribution in [0, 0.1) is 5.82 Å². The summed E-state index contributed by atoms with van der Waals surface area (Å²) in [5, 5.41) is 0. The van der Waals surface area contributed by atoms with Crippen molar-refractivity contribution >= 4 is 17.6 Å². The van der Waals surface area contributed by atoms with Gasteiger partial charge in [0.1, 0.15) is 5.66 Å². The van der Waals surface area contributed by atoms with Crippen LogP contribution in [0.25, 0.3) is 0 Å². The second-order valence-electron chi connectivity index (χ2n) is 7.46. The Kier molecular flexibility index (Phi) is 4.46. The van der Waals surface area contributed by atoms with Crippen molar-refractivity contribution < 1.29 is 9.13 Å². The zero-order chi connectivity index (χ0) is 18.1. The molecule has 6 nitrogen and oxygen atoms in total. The maximum Gasteiger partial charge on any atom is 0.220 e. The van der Waals surface area contributed by atoms with Crippen LogP contribution < -0.4 is 21.1 Å². The number of halogens is 1. The monoisotopic (exact) mass is 359 g/mol. The first-order valence-electron chi connectivity index (χ1n) is 9.53. The molecule has 1 aromatic rings. The quantitative estimate of drug-likeness (QED) is 0.867. The number of nitrogens with zero attached hydrogens (tertiary/aromatic N) is 3. The van der Waals surface area contributed by atoms with Crippen LogP contribution >= 0.6 is 0 Å². The predicted molar refractivity (Wildman–Crippen MR) is 101 cm³/mol. The molecule has 0 saturated heterocycles. The maximum atomic E-state index is 14.7. The lowest BCUT2D eigenvalue weighted by molar-refractivity contribution is 0.200. The third-order valence-corrected chi connectivity index (χ3v) is 5.62. The van der Waals surface area contributed by atoms with Gasteiger partial charge in [0.25, 0.3) is 0 Å². The van der Waals surface area contributed by atoms with Crippen molar-refractivity contribution in [2.75, 3.05) is 4.90 Å². The standard InChI is InChI=1S/C19H26FN5O/c20-15-12-13(8-9-16(15)26-14-6-2-3-7-14)25-18(22)23-17(21)24-19(25)10-4-1-5-11-19/h8-9,12,14H,1-7,10-11H2,(H4,21,22,23,24). The minimum absolute atomic E-state index is 0.117. The number of hydrogen-bond acceptors (Lipinski definition) is 6. The van der Waals surface area contributed by atoms with E-state index in [0.29, 0.717) is 11.4 Å². The first kappa shape index (κ1) is 17.1. The predicted octanol–water partition coefficient (Wildman–Crippen LogP) is 3.26. The molecule has 1 aromatic carbocycles. The lowest BCUT2D eigenvalue weighted by Gasteiger charge is -2.45. The van der Waals surface area contributed by atoms with Gasteiger partial charge in [-0.25, -0.2) is 9.38 Å². The van der Waals surface area contributed by atoms with E-state index in [1.807, 2.05) is 11.0 Å². The Morgan fingerprint density at radius 3 is 2.50 bits per heavy atom. The van der Waals surface area contributed by atoms with Crippen molar-refractivity contribution in [1.29, 1.82) is 0 Å². The highest BCUT2D eigenvalue weighted by atomic mass is 19.1. The first-order chi connectivity index (χ1) is 12.6. The fourth-order valence-corrected chi connectivity index (χ4v) is 4.40. The lowest BCUT2D eigenvalue weighted by atomic mass is 9.87. The highest BCUT2D eigenvalue weighted by molar-refractivity contribution is 6.05. The van der Waals surface area contributed by atoms with Crippen LogP contribution in [0.4, 0.5) is 10.1 Å². The van der Waals surface area contributed by atoms with Gasteiger partial charge >= 0.3 is 0 Å². The van der Waals surface area contributed by atoms with Gasteiger partial charge in [-0.1, -0.05) is 6.42 Å². The summed E-state index contributed by atoms with van der Waals surface area (Å²) in [6.07, 6.45) is 9.26. The largest absolute Gasteiger partial charge is 0.487 e. The van der Waals surface area contributed by atoms with Crippen molar-refractivity contribution in [2.45, 2.75) is 69.6 Å².